The average molecular weight is 172 g/mol. The predicted molar refractivity (Wildman–Crippen MR) is 45.3 cm³/mol. The van der Waals surface area contributed by atoms with E-state index in [-0.39, 0.29) is 12.0 Å². The van der Waals surface area contributed by atoms with Gasteiger partial charge in [-0.15, -0.1) is 0 Å². The summed E-state index contributed by atoms with van der Waals surface area (Å²) >= 11 is 0. The summed E-state index contributed by atoms with van der Waals surface area (Å²) in [4.78, 5) is 11.1. The molecular weight excluding hydrogens is 154 g/mol. The first kappa shape index (κ1) is 9.52. The van der Waals surface area contributed by atoms with Crippen molar-refractivity contribution in [2.24, 2.45) is 5.92 Å². The molecule has 1 rings (SSSR count). The molecule has 1 atom stereocenters. The second-order valence-electron chi connectivity index (χ2n) is 3.53. The van der Waals surface area contributed by atoms with E-state index in [0.29, 0.717) is 5.92 Å². The first-order chi connectivity index (χ1) is 5.75. The van der Waals surface area contributed by atoms with E-state index in [2.05, 4.69) is 10.5 Å². The van der Waals surface area contributed by atoms with Crippen LogP contribution in [0.15, 0.2) is 0 Å². The Morgan fingerprint density at radius 2 is 2.00 bits per heavy atom. The highest BCUT2D eigenvalue weighted by atomic mass is 16.5. The SMILES string of the molecule is COC(=O)C([NH3+])C1CCCCC1. The monoisotopic (exact) mass is 172 g/mol. The summed E-state index contributed by atoms with van der Waals surface area (Å²) in [5, 5.41) is 0. The number of rotatable bonds is 2. The molecule has 3 nitrogen and oxygen atoms in total. The maximum absolute atomic E-state index is 11.1. The summed E-state index contributed by atoms with van der Waals surface area (Å²) in [6.45, 7) is 0. The topological polar surface area (TPSA) is 53.9 Å². The minimum absolute atomic E-state index is 0.143. The van der Waals surface area contributed by atoms with Gasteiger partial charge in [-0.2, -0.15) is 0 Å². The zero-order chi connectivity index (χ0) is 8.97. The van der Waals surface area contributed by atoms with Gasteiger partial charge in [0.25, 0.3) is 0 Å². The van der Waals surface area contributed by atoms with E-state index in [1.165, 1.54) is 26.4 Å². The summed E-state index contributed by atoms with van der Waals surface area (Å²) in [5.41, 5.74) is 3.86. The fourth-order valence-corrected chi connectivity index (χ4v) is 1.88. The van der Waals surface area contributed by atoms with Crippen LogP contribution in [0, 0.1) is 5.92 Å². The van der Waals surface area contributed by atoms with Crippen LogP contribution in [0.4, 0.5) is 0 Å². The minimum atomic E-state index is -0.151. The fourth-order valence-electron chi connectivity index (χ4n) is 1.88. The minimum Gasteiger partial charge on any atom is -0.465 e. The Hall–Kier alpha value is -0.570. The summed E-state index contributed by atoms with van der Waals surface area (Å²) < 4.78 is 4.66. The van der Waals surface area contributed by atoms with Gasteiger partial charge in [-0.1, -0.05) is 19.3 Å². The van der Waals surface area contributed by atoms with Gasteiger partial charge in [0, 0.05) is 5.92 Å². The second kappa shape index (κ2) is 4.45. The highest BCUT2D eigenvalue weighted by Crippen LogP contribution is 2.25. The number of ether oxygens (including phenoxy) is 1. The molecule has 3 heteroatoms. The number of methoxy groups -OCH3 is 1. The maximum Gasteiger partial charge on any atom is 0.364 e. The van der Waals surface area contributed by atoms with E-state index in [4.69, 9.17) is 0 Å². The van der Waals surface area contributed by atoms with Gasteiger partial charge in [-0.05, 0) is 12.8 Å². The Labute approximate surface area is 73.3 Å². The lowest BCUT2D eigenvalue weighted by Crippen LogP contribution is -2.68. The molecule has 0 spiro atoms. The number of hydrogen-bond donors (Lipinski definition) is 1. The van der Waals surface area contributed by atoms with Crippen molar-refractivity contribution in [3.05, 3.63) is 0 Å². The molecule has 0 heterocycles. The fraction of sp³-hybridized carbons (Fsp3) is 0.889. The Bertz CT molecular complexity index is 153. The molecule has 1 aliphatic rings. The van der Waals surface area contributed by atoms with Crippen molar-refractivity contribution >= 4 is 5.97 Å². The Kier molecular flexibility index (Phi) is 3.53. The molecule has 0 saturated heterocycles. The number of carbonyl (C=O) groups excluding carboxylic acids is 1. The van der Waals surface area contributed by atoms with Crippen LogP contribution in [-0.4, -0.2) is 19.1 Å². The van der Waals surface area contributed by atoms with Crippen LogP contribution in [-0.2, 0) is 9.53 Å². The lowest BCUT2D eigenvalue weighted by molar-refractivity contribution is -0.422. The van der Waals surface area contributed by atoms with Gasteiger partial charge in [0.2, 0.25) is 0 Å². The first-order valence-electron chi connectivity index (χ1n) is 4.66. The number of quaternary nitrogens is 1. The molecule has 0 aliphatic heterocycles. The Morgan fingerprint density at radius 1 is 1.42 bits per heavy atom. The van der Waals surface area contributed by atoms with E-state index >= 15 is 0 Å². The summed E-state index contributed by atoms with van der Waals surface area (Å²) in [5.74, 6) is 0.313. The van der Waals surface area contributed by atoms with Gasteiger partial charge in [0.15, 0.2) is 6.04 Å². The number of carbonyl (C=O) groups is 1. The van der Waals surface area contributed by atoms with Crippen molar-refractivity contribution in [2.45, 2.75) is 38.1 Å². The van der Waals surface area contributed by atoms with Crippen LogP contribution in [0.3, 0.4) is 0 Å². The van der Waals surface area contributed by atoms with Crippen LogP contribution in [0.2, 0.25) is 0 Å². The third-order valence-electron chi connectivity index (χ3n) is 2.72. The highest BCUT2D eigenvalue weighted by Gasteiger charge is 2.29. The normalized spacial score (nSPS) is 21.8. The first-order valence-corrected chi connectivity index (χ1v) is 4.66. The van der Waals surface area contributed by atoms with E-state index in [1.54, 1.807) is 0 Å². The van der Waals surface area contributed by atoms with Crippen LogP contribution in [0.1, 0.15) is 32.1 Å². The molecule has 0 amide bonds. The molecule has 1 fully saturated rings. The van der Waals surface area contributed by atoms with E-state index in [1.807, 2.05) is 0 Å². The molecule has 3 N–H and O–H groups in total. The Morgan fingerprint density at radius 3 is 2.50 bits per heavy atom. The van der Waals surface area contributed by atoms with Crippen molar-refractivity contribution in [3.63, 3.8) is 0 Å². The van der Waals surface area contributed by atoms with Crippen molar-refractivity contribution in [1.29, 1.82) is 0 Å². The van der Waals surface area contributed by atoms with Crippen molar-refractivity contribution in [1.82, 2.24) is 0 Å². The molecular formula is C9H18NO2+. The zero-order valence-electron chi connectivity index (χ0n) is 7.71. The molecule has 70 valence electrons. The summed E-state index contributed by atoms with van der Waals surface area (Å²) in [7, 11) is 1.43. The third-order valence-corrected chi connectivity index (χ3v) is 2.72. The highest BCUT2D eigenvalue weighted by molar-refractivity contribution is 5.74. The van der Waals surface area contributed by atoms with Gasteiger partial charge in [-0.25, -0.2) is 4.79 Å². The molecule has 1 aliphatic carbocycles. The largest absolute Gasteiger partial charge is 0.465 e. The average Bonchev–Trinajstić information content (AvgIpc) is 2.17. The molecule has 1 saturated carbocycles. The van der Waals surface area contributed by atoms with Crippen LogP contribution >= 0.6 is 0 Å². The lowest BCUT2D eigenvalue weighted by atomic mass is 9.84. The maximum atomic E-state index is 11.1. The molecule has 0 aromatic carbocycles. The molecule has 0 aromatic heterocycles. The van der Waals surface area contributed by atoms with Crippen LogP contribution < -0.4 is 5.73 Å². The standard InChI is InChI=1S/C9H17NO2/c1-12-9(11)8(10)7-5-3-2-4-6-7/h7-8H,2-6,10H2,1H3/p+1. The molecule has 12 heavy (non-hydrogen) atoms. The predicted octanol–water partition coefficient (Wildman–Crippen LogP) is 0.350. The van der Waals surface area contributed by atoms with Crippen molar-refractivity contribution in [3.8, 4) is 0 Å². The number of hydrogen-bond acceptors (Lipinski definition) is 2. The van der Waals surface area contributed by atoms with Crippen LogP contribution in [0.25, 0.3) is 0 Å². The van der Waals surface area contributed by atoms with E-state index < -0.39 is 0 Å². The van der Waals surface area contributed by atoms with Gasteiger partial charge in [0.1, 0.15) is 0 Å². The number of esters is 1. The quantitative estimate of drug-likeness (QED) is 0.611. The summed E-state index contributed by atoms with van der Waals surface area (Å²) in [6, 6.07) is -0.143. The van der Waals surface area contributed by atoms with E-state index in [0.717, 1.165) is 12.8 Å². The van der Waals surface area contributed by atoms with Gasteiger partial charge < -0.3 is 10.5 Å². The molecule has 0 aromatic rings. The van der Waals surface area contributed by atoms with E-state index in [9.17, 15) is 4.79 Å². The van der Waals surface area contributed by atoms with Gasteiger partial charge in [-0.3, -0.25) is 0 Å². The summed E-state index contributed by atoms with van der Waals surface area (Å²) in [6.07, 6.45) is 6.08. The molecule has 0 radical (unpaired) electrons. The molecule has 1 unspecified atom stereocenters. The Balaban J connectivity index is 2.39. The van der Waals surface area contributed by atoms with Crippen LogP contribution in [0.5, 0.6) is 0 Å². The van der Waals surface area contributed by atoms with Crippen molar-refractivity contribution < 1.29 is 15.3 Å². The second-order valence-corrected chi connectivity index (χ2v) is 3.53. The molecule has 0 bridgehead atoms. The third kappa shape index (κ3) is 2.21. The zero-order valence-corrected chi connectivity index (χ0v) is 7.71. The lowest BCUT2D eigenvalue weighted by Gasteiger charge is -2.22. The van der Waals surface area contributed by atoms with Gasteiger partial charge in [0.05, 0.1) is 7.11 Å². The smallest absolute Gasteiger partial charge is 0.364 e. The van der Waals surface area contributed by atoms with Crippen molar-refractivity contribution in [2.75, 3.05) is 7.11 Å². The van der Waals surface area contributed by atoms with Gasteiger partial charge >= 0.3 is 5.97 Å².